The summed E-state index contributed by atoms with van der Waals surface area (Å²) < 4.78 is 30.7. The molecule has 9 heteroatoms. The Morgan fingerprint density at radius 1 is 0.971 bits per heavy atom. The molecule has 35 heavy (non-hydrogen) atoms. The average molecular weight is 514 g/mol. The van der Waals surface area contributed by atoms with Crippen molar-refractivity contribution in [2.75, 3.05) is 20.3 Å². The third-order valence-electron chi connectivity index (χ3n) is 5.11. The molecule has 0 saturated carbocycles. The standard InChI is InChI=1S/C26H21ClFNO5S/c1-32-22-11-10-17(14-23(22)34-16-18-6-2-4-8-20(18)28)15-24-25(30)29(26(31)35-24)12-13-33-21-9-5-3-7-19(21)27/h2-11,14-15H,12-13,16H2,1H3/b24-15-. The molecule has 0 unspecified atom stereocenters. The van der Waals surface area contributed by atoms with Crippen LogP contribution in [0.2, 0.25) is 5.02 Å². The molecule has 1 heterocycles. The Hall–Kier alpha value is -3.49. The summed E-state index contributed by atoms with van der Waals surface area (Å²) in [6.07, 6.45) is 1.61. The number of carbonyl (C=O) groups excluding carboxylic acids is 2. The van der Waals surface area contributed by atoms with Crippen molar-refractivity contribution in [1.29, 1.82) is 0 Å². The Kier molecular flexibility index (Phi) is 7.94. The van der Waals surface area contributed by atoms with Gasteiger partial charge in [0, 0.05) is 5.56 Å². The summed E-state index contributed by atoms with van der Waals surface area (Å²) in [6, 6.07) is 18.4. The van der Waals surface area contributed by atoms with Crippen LogP contribution in [0.3, 0.4) is 0 Å². The summed E-state index contributed by atoms with van der Waals surface area (Å²) in [7, 11) is 1.50. The Balaban J connectivity index is 1.44. The maximum Gasteiger partial charge on any atom is 0.293 e. The van der Waals surface area contributed by atoms with Gasteiger partial charge in [0.05, 0.1) is 23.6 Å². The zero-order chi connectivity index (χ0) is 24.8. The molecule has 1 aliphatic rings. The zero-order valence-corrected chi connectivity index (χ0v) is 20.3. The highest BCUT2D eigenvalue weighted by Crippen LogP contribution is 2.35. The van der Waals surface area contributed by atoms with Crippen LogP contribution in [0.25, 0.3) is 6.08 Å². The molecule has 0 radical (unpaired) electrons. The second-order valence-electron chi connectivity index (χ2n) is 7.40. The molecule has 6 nitrogen and oxygen atoms in total. The number of amides is 2. The molecule has 0 bridgehead atoms. The molecule has 0 atom stereocenters. The first-order valence-electron chi connectivity index (χ1n) is 10.6. The van der Waals surface area contributed by atoms with E-state index in [9.17, 15) is 14.0 Å². The van der Waals surface area contributed by atoms with E-state index in [1.54, 1.807) is 66.7 Å². The van der Waals surface area contributed by atoms with E-state index in [1.807, 2.05) is 0 Å². The highest BCUT2D eigenvalue weighted by atomic mass is 35.5. The predicted octanol–water partition coefficient (Wildman–Crippen LogP) is 6.18. The molecule has 0 aliphatic carbocycles. The Labute approximate surface area is 211 Å². The van der Waals surface area contributed by atoms with E-state index in [2.05, 4.69) is 0 Å². The molecule has 0 spiro atoms. The number of halogens is 2. The van der Waals surface area contributed by atoms with Crippen molar-refractivity contribution in [2.24, 2.45) is 0 Å². The van der Waals surface area contributed by atoms with Gasteiger partial charge >= 0.3 is 0 Å². The molecule has 3 aromatic rings. The van der Waals surface area contributed by atoms with Crippen molar-refractivity contribution < 1.29 is 28.2 Å². The van der Waals surface area contributed by atoms with Gasteiger partial charge in [-0.1, -0.05) is 48.0 Å². The average Bonchev–Trinajstić information content (AvgIpc) is 3.12. The number of imide groups is 1. The minimum absolute atomic E-state index is 0.00837. The molecule has 3 aromatic carbocycles. The molecule has 1 saturated heterocycles. The van der Waals surface area contributed by atoms with Gasteiger partial charge in [-0.15, -0.1) is 0 Å². The molecule has 4 rings (SSSR count). The van der Waals surface area contributed by atoms with Gasteiger partial charge in [-0.2, -0.15) is 0 Å². The maximum atomic E-state index is 13.9. The summed E-state index contributed by atoms with van der Waals surface area (Å²) in [5.41, 5.74) is 1.03. The topological polar surface area (TPSA) is 65.1 Å². The number of rotatable bonds is 9. The SMILES string of the molecule is COc1ccc(/C=C2\SC(=O)N(CCOc3ccccc3Cl)C2=O)cc1OCc1ccccc1F. The second kappa shape index (κ2) is 11.3. The van der Waals surface area contributed by atoms with Crippen LogP contribution in [-0.2, 0) is 11.4 Å². The molecule has 0 aromatic heterocycles. The molecule has 1 aliphatic heterocycles. The lowest BCUT2D eigenvalue weighted by Gasteiger charge is -2.14. The maximum absolute atomic E-state index is 13.9. The fraction of sp³-hybridized carbons (Fsp3) is 0.154. The highest BCUT2D eigenvalue weighted by Gasteiger charge is 2.34. The van der Waals surface area contributed by atoms with Crippen LogP contribution in [0.4, 0.5) is 9.18 Å². The summed E-state index contributed by atoms with van der Waals surface area (Å²) in [6.45, 7) is 0.215. The van der Waals surface area contributed by atoms with Crippen LogP contribution in [0, 0.1) is 5.82 Å². The number of methoxy groups -OCH3 is 1. The Bertz CT molecular complexity index is 1280. The smallest absolute Gasteiger partial charge is 0.293 e. The number of para-hydroxylation sites is 1. The zero-order valence-electron chi connectivity index (χ0n) is 18.7. The lowest BCUT2D eigenvalue weighted by molar-refractivity contribution is -0.123. The molecule has 1 fully saturated rings. The second-order valence-corrected chi connectivity index (χ2v) is 8.80. The number of nitrogens with zero attached hydrogens (tertiary/aromatic N) is 1. The third kappa shape index (κ3) is 5.96. The van der Waals surface area contributed by atoms with E-state index in [0.717, 1.165) is 16.7 Å². The van der Waals surface area contributed by atoms with Crippen molar-refractivity contribution in [1.82, 2.24) is 4.90 Å². The van der Waals surface area contributed by atoms with E-state index in [4.69, 9.17) is 25.8 Å². The number of thioether (sulfide) groups is 1. The molecular formula is C26H21ClFNO5S. The summed E-state index contributed by atoms with van der Waals surface area (Å²) in [4.78, 5) is 26.6. The monoisotopic (exact) mass is 513 g/mol. The quantitative estimate of drug-likeness (QED) is 0.318. The fourth-order valence-corrected chi connectivity index (χ4v) is 4.37. The largest absolute Gasteiger partial charge is 0.493 e. The number of hydrogen-bond acceptors (Lipinski definition) is 6. The number of benzene rings is 3. The number of hydrogen-bond donors (Lipinski definition) is 0. The van der Waals surface area contributed by atoms with Crippen LogP contribution in [-0.4, -0.2) is 36.3 Å². The minimum Gasteiger partial charge on any atom is -0.493 e. The van der Waals surface area contributed by atoms with Gasteiger partial charge in [-0.05, 0) is 53.7 Å². The predicted molar refractivity (Wildman–Crippen MR) is 133 cm³/mol. The van der Waals surface area contributed by atoms with Crippen LogP contribution >= 0.6 is 23.4 Å². The number of ether oxygens (including phenoxy) is 3. The first-order valence-corrected chi connectivity index (χ1v) is 11.8. The van der Waals surface area contributed by atoms with E-state index >= 15 is 0 Å². The first kappa shape index (κ1) is 24.6. The van der Waals surface area contributed by atoms with Crippen molar-refractivity contribution >= 4 is 40.6 Å². The van der Waals surface area contributed by atoms with Gasteiger partial charge in [-0.25, -0.2) is 4.39 Å². The molecule has 0 N–H and O–H groups in total. The van der Waals surface area contributed by atoms with Crippen molar-refractivity contribution in [3.8, 4) is 17.2 Å². The van der Waals surface area contributed by atoms with Crippen LogP contribution in [0.15, 0.2) is 71.6 Å². The fourth-order valence-electron chi connectivity index (χ4n) is 3.32. The van der Waals surface area contributed by atoms with Gasteiger partial charge < -0.3 is 14.2 Å². The van der Waals surface area contributed by atoms with Crippen molar-refractivity contribution in [2.45, 2.75) is 6.61 Å². The minimum atomic E-state index is -0.410. The Morgan fingerprint density at radius 2 is 1.74 bits per heavy atom. The first-order chi connectivity index (χ1) is 17.0. The number of carbonyl (C=O) groups is 2. The third-order valence-corrected chi connectivity index (χ3v) is 6.33. The van der Waals surface area contributed by atoms with Gasteiger partial charge in [0.15, 0.2) is 11.5 Å². The van der Waals surface area contributed by atoms with Crippen LogP contribution in [0.5, 0.6) is 17.2 Å². The van der Waals surface area contributed by atoms with Gasteiger partial charge in [0.25, 0.3) is 11.1 Å². The van der Waals surface area contributed by atoms with Gasteiger partial charge in [-0.3, -0.25) is 14.5 Å². The van der Waals surface area contributed by atoms with E-state index < -0.39 is 5.91 Å². The van der Waals surface area contributed by atoms with E-state index in [-0.39, 0.29) is 35.7 Å². The van der Waals surface area contributed by atoms with Crippen LogP contribution < -0.4 is 14.2 Å². The lowest BCUT2D eigenvalue weighted by atomic mass is 10.1. The summed E-state index contributed by atoms with van der Waals surface area (Å²) in [5, 5.41) is 0.0719. The van der Waals surface area contributed by atoms with E-state index in [1.165, 1.54) is 13.2 Å². The highest BCUT2D eigenvalue weighted by molar-refractivity contribution is 8.18. The van der Waals surface area contributed by atoms with Crippen molar-refractivity contribution in [3.05, 3.63) is 93.6 Å². The summed E-state index contributed by atoms with van der Waals surface area (Å²) in [5.74, 6) is 0.556. The van der Waals surface area contributed by atoms with Crippen molar-refractivity contribution in [3.63, 3.8) is 0 Å². The normalized spacial score (nSPS) is 14.5. The molecular weight excluding hydrogens is 493 g/mol. The van der Waals surface area contributed by atoms with Crippen LogP contribution in [0.1, 0.15) is 11.1 Å². The summed E-state index contributed by atoms with van der Waals surface area (Å²) >= 11 is 6.92. The molecule has 2 amide bonds. The van der Waals surface area contributed by atoms with Gasteiger partial charge in [0.2, 0.25) is 0 Å². The van der Waals surface area contributed by atoms with Gasteiger partial charge in [0.1, 0.15) is 24.8 Å². The lowest BCUT2D eigenvalue weighted by Crippen LogP contribution is -2.32. The Morgan fingerprint density at radius 3 is 2.51 bits per heavy atom. The molecule has 180 valence electrons. The van der Waals surface area contributed by atoms with E-state index in [0.29, 0.717) is 33.4 Å².